The van der Waals surface area contributed by atoms with Gasteiger partial charge in [0.25, 0.3) is 0 Å². The summed E-state index contributed by atoms with van der Waals surface area (Å²) in [6, 6.07) is 26.0. The van der Waals surface area contributed by atoms with E-state index >= 15 is 0 Å². The van der Waals surface area contributed by atoms with Crippen LogP contribution in [-0.4, -0.2) is 21.7 Å². The van der Waals surface area contributed by atoms with E-state index in [2.05, 4.69) is 21.2 Å². The molecule has 2 atom stereocenters. The Morgan fingerprint density at radius 3 is 2.07 bits per heavy atom. The van der Waals surface area contributed by atoms with Gasteiger partial charge in [-0.1, -0.05) is 76.6 Å². The molecule has 0 aliphatic heterocycles. The molecule has 1 aliphatic carbocycles. The highest BCUT2D eigenvalue weighted by atomic mass is 79.9. The fourth-order valence-electron chi connectivity index (χ4n) is 3.89. The number of hydrogen-bond donors (Lipinski definition) is 3. The van der Waals surface area contributed by atoms with Crippen LogP contribution in [0.5, 0.6) is 0 Å². The van der Waals surface area contributed by atoms with Gasteiger partial charge in [-0.3, -0.25) is 0 Å². The van der Waals surface area contributed by atoms with E-state index in [9.17, 15) is 15.0 Å². The summed E-state index contributed by atoms with van der Waals surface area (Å²) >= 11 is 3.39. The number of aliphatic hydroxyl groups is 1. The van der Waals surface area contributed by atoms with E-state index in [1.807, 2.05) is 84.9 Å². The summed E-state index contributed by atoms with van der Waals surface area (Å²) in [4.78, 5) is 12.5. The van der Waals surface area contributed by atoms with Crippen LogP contribution >= 0.6 is 15.9 Å². The molecule has 0 fully saturated rings. The van der Waals surface area contributed by atoms with Gasteiger partial charge in [-0.15, -0.1) is 0 Å². The topological polar surface area (TPSA) is 69.6 Å². The molecule has 3 N–H and O–H groups in total. The van der Waals surface area contributed by atoms with Gasteiger partial charge < -0.3 is 15.5 Å². The third kappa shape index (κ3) is 3.59. The number of aliphatic carboxylic acids is 1. The van der Waals surface area contributed by atoms with Gasteiger partial charge in [-0.25, -0.2) is 4.79 Å². The van der Waals surface area contributed by atoms with Crippen molar-refractivity contribution in [3.05, 3.63) is 107 Å². The van der Waals surface area contributed by atoms with Crippen molar-refractivity contribution in [3.8, 4) is 0 Å². The Kier molecular flexibility index (Phi) is 5.03. The molecule has 4 nitrogen and oxygen atoms in total. The van der Waals surface area contributed by atoms with E-state index in [-0.39, 0.29) is 6.42 Å². The average molecular weight is 450 g/mol. The predicted octanol–water partition coefficient (Wildman–Crippen LogP) is 5.06. The normalized spacial score (nSPS) is 23.4. The van der Waals surface area contributed by atoms with Gasteiger partial charge in [0.2, 0.25) is 0 Å². The van der Waals surface area contributed by atoms with E-state index in [4.69, 9.17) is 0 Å². The summed E-state index contributed by atoms with van der Waals surface area (Å²) < 4.78 is 0.903. The van der Waals surface area contributed by atoms with Crippen LogP contribution < -0.4 is 5.32 Å². The maximum atomic E-state index is 12.5. The molecule has 0 radical (unpaired) electrons. The Balaban J connectivity index is 1.86. The molecule has 1 aliphatic rings. The van der Waals surface area contributed by atoms with Crippen molar-refractivity contribution >= 4 is 33.2 Å². The molecule has 3 aromatic carbocycles. The molecular weight excluding hydrogens is 430 g/mol. The van der Waals surface area contributed by atoms with Crippen LogP contribution in [0.2, 0.25) is 0 Å². The molecule has 5 heteroatoms. The molecule has 0 saturated heterocycles. The van der Waals surface area contributed by atoms with Crippen molar-refractivity contribution in [2.24, 2.45) is 0 Å². The molecule has 2 unspecified atom stereocenters. The van der Waals surface area contributed by atoms with Crippen LogP contribution in [-0.2, 0) is 10.4 Å². The minimum absolute atomic E-state index is 0.0281. The van der Waals surface area contributed by atoms with Crippen LogP contribution in [0.3, 0.4) is 0 Å². The number of carboxylic acids is 1. The number of carbonyl (C=O) groups is 1. The van der Waals surface area contributed by atoms with E-state index in [0.29, 0.717) is 16.8 Å². The minimum atomic E-state index is -1.45. The Morgan fingerprint density at radius 1 is 0.897 bits per heavy atom. The second kappa shape index (κ2) is 7.50. The lowest BCUT2D eigenvalue weighted by molar-refractivity contribution is -0.141. The van der Waals surface area contributed by atoms with Crippen molar-refractivity contribution in [1.29, 1.82) is 0 Å². The molecule has 0 aromatic heterocycles. The van der Waals surface area contributed by atoms with Crippen LogP contribution in [0.1, 0.15) is 17.5 Å². The van der Waals surface area contributed by atoms with E-state index in [1.165, 1.54) is 0 Å². The standard InChI is InChI=1S/C24H20BrNO3/c25-19-11-13-20(14-12-19)26-23(22(27)28)15-21(17-7-3-1-4-8-17)24(29,16-23)18-9-5-2-6-10-18/h1-15,26,29H,16H2,(H,27,28). The van der Waals surface area contributed by atoms with Gasteiger partial charge >= 0.3 is 5.97 Å². The largest absolute Gasteiger partial charge is 0.479 e. The molecule has 29 heavy (non-hydrogen) atoms. The third-order valence-electron chi connectivity index (χ3n) is 5.30. The molecule has 146 valence electrons. The smallest absolute Gasteiger partial charge is 0.333 e. The zero-order chi connectivity index (χ0) is 20.5. The van der Waals surface area contributed by atoms with Gasteiger partial charge in [-0.2, -0.15) is 0 Å². The summed E-state index contributed by atoms with van der Waals surface area (Å²) in [6.07, 6.45) is 1.62. The average Bonchev–Trinajstić information content (AvgIpc) is 3.06. The Morgan fingerprint density at radius 2 is 1.48 bits per heavy atom. The third-order valence-corrected chi connectivity index (χ3v) is 5.83. The summed E-state index contributed by atoms with van der Waals surface area (Å²) in [7, 11) is 0. The maximum absolute atomic E-state index is 12.5. The number of anilines is 1. The lowest BCUT2D eigenvalue weighted by Gasteiger charge is -2.32. The first-order chi connectivity index (χ1) is 13.9. The Bertz CT molecular complexity index is 1050. The van der Waals surface area contributed by atoms with Gasteiger partial charge in [0.15, 0.2) is 5.54 Å². The van der Waals surface area contributed by atoms with Crippen molar-refractivity contribution < 1.29 is 15.0 Å². The highest BCUT2D eigenvalue weighted by molar-refractivity contribution is 9.10. The molecule has 0 spiro atoms. The maximum Gasteiger partial charge on any atom is 0.333 e. The predicted molar refractivity (Wildman–Crippen MR) is 118 cm³/mol. The van der Waals surface area contributed by atoms with Crippen LogP contribution in [0, 0.1) is 0 Å². The molecule has 0 bridgehead atoms. The van der Waals surface area contributed by atoms with Crippen molar-refractivity contribution in [3.63, 3.8) is 0 Å². The van der Waals surface area contributed by atoms with Crippen LogP contribution in [0.15, 0.2) is 95.5 Å². The van der Waals surface area contributed by atoms with E-state index < -0.39 is 17.1 Å². The number of hydrogen-bond acceptors (Lipinski definition) is 3. The lowest BCUT2D eigenvalue weighted by atomic mass is 9.82. The summed E-state index contributed by atoms with van der Waals surface area (Å²) in [6.45, 7) is 0. The molecule has 4 rings (SSSR count). The monoisotopic (exact) mass is 449 g/mol. The first kappa shape index (κ1) is 19.4. The van der Waals surface area contributed by atoms with Gasteiger partial charge in [0, 0.05) is 16.6 Å². The first-order valence-electron chi connectivity index (χ1n) is 9.27. The fraction of sp³-hybridized carbons (Fsp3) is 0.125. The zero-order valence-corrected chi connectivity index (χ0v) is 17.1. The summed E-state index contributed by atoms with van der Waals surface area (Å²) in [5.74, 6) is -1.04. The number of rotatable bonds is 5. The number of benzene rings is 3. The van der Waals surface area contributed by atoms with Gasteiger partial charge in [-0.05, 0) is 47.0 Å². The zero-order valence-electron chi connectivity index (χ0n) is 15.5. The lowest BCUT2D eigenvalue weighted by Crippen LogP contribution is -2.46. The SMILES string of the molecule is O=C(O)C1(Nc2ccc(Br)cc2)C=C(c2ccccc2)C(O)(c2ccccc2)C1. The van der Waals surface area contributed by atoms with Gasteiger partial charge in [0.1, 0.15) is 5.60 Å². The quantitative estimate of drug-likeness (QED) is 0.509. The van der Waals surface area contributed by atoms with Crippen LogP contribution in [0.25, 0.3) is 5.57 Å². The second-order valence-corrected chi connectivity index (χ2v) is 8.15. The summed E-state index contributed by atoms with van der Waals surface area (Å²) in [5.41, 5.74) is -0.198. The molecule has 0 heterocycles. The number of nitrogens with one attached hydrogen (secondary N) is 1. The first-order valence-corrected chi connectivity index (χ1v) is 10.1. The van der Waals surface area contributed by atoms with Crippen molar-refractivity contribution in [1.82, 2.24) is 0 Å². The molecular formula is C24H20BrNO3. The Hall–Kier alpha value is -2.89. The minimum Gasteiger partial charge on any atom is -0.479 e. The van der Waals surface area contributed by atoms with Crippen molar-refractivity contribution in [2.45, 2.75) is 17.6 Å². The Labute approximate surface area is 177 Å². The number of carboxylic acid groups (broad SMARTS) is 1. The summed E-state index contributed by atoms with van der Waals surface area (Å²) in [5, 5.41) is 25.1. The van der Waals surface area contributed by atoms with Crippen LogP contribution in [0.4, 0.5) is 5.69 Å². The highest BCUT2D eigenvalue weighted by Gasteiger charge is 2.53. The molecule has 0 saturated carbocycles. The van der Waals surface area contributed by atoms with E-state index in [0.717, 1.165) is 10.0 Å². The fourth-order valence-corrected chi connectivity index (χ4v) is 4.15. The van der Waals surface area contributed by atoms with Gasteiger partial charge in [0.05, 0.1) is 0 Å². The van der Waals surface area contributed by atoms with Crippen molar-refractivity contribution in [2.75, 3.05) is 5.32 Å². The van der Waals surface area contributed by atoms with E-state index in [1.54, 1.807) is 6.08 Å². The molecule has 3 aromatic rings. The molecule has 0 amide bonds. The highest BCUT2D eigenvalue weighted by Crippen LogP contribution is 2.50. The second-order valence-electron chi connectivity index (χ2n) is 7.24. The number of halogens is 1.